The second kappa shape index (κ2) is 9.66. The molecule has 6 nitrogen and oxygen atoms in total. The molecule has 34 heavy (non-hydrogen) atoms. The lowest BCUT2D eigenvalue weighted by Crippen LogP contribution is -2.57. The molecule has 0 bridgehead atoms. The molecule has 2 aliphatic rings. The first-order chi connectivity index (χ1) is 16.1. The van der Waals surface area contributed by atoms with Crippen molar-refractivity contribution in [1.82, 2.24) is 9.21 Å². The summed E-state index contributed by atoms with van der Waals surface area (Å²) in [6.45, 7) is 8.91. The number of carbonyl (C=O) groups excluding carboxylic acids is 1. The van der Waals surface area contributed by atoms with Gasteiger partial charge in [0.1, 0.15) is 11.9 Å². The standard InChI is InChI=1S/C26H34FN3O3S/c1-26(2,3)20-7-13-23(14-8-20)34(32,33)30-15-5-4-6-24(30)25(31)29-18-16-28(17-19-29)22-11-9-21(27)10-12-22/h7-14,24H,4-6,15-19H2,1-3H3/t24-/m0/s1. The first kappa shape index (κ1) is 24.7. The molecule has 0 N–H and O–H groups in total. The van der Waals surface area contributed by atoms with Gasteiger partial charge in [-0.1, -0.05) is 39.3 Å². The maximum absolute atomic E-state index is 13.5. The monoisotopic (exact) mass is 487 g/mol. The number of sulfonamides is 1. The largest absolute Gasteiger partial charge is 0.368 e. The van der Waals surface area contributed by atoms with Crippen molar-refractivity contribution in [3.63, 3.8) is 0 Å². The molecule has 2 aromatic rings. The highest BCUT2D eigenvalue weighted by Gasteiger charge is 2.40. The number of anilines is 1. The summed E-state index contributed by atoms with van der Waals surface area (Å²) in [6.07, 6.45) is 2.12. The molecule has 0 saturated carbocycles. The number of amides is 1. The second-order valence-corrected chi connectivity index (χ2v) is 12.1. The maximum Gasteiger partial charge on any atom is 0.243 e. The summed E-state index contributed by atoms with van der Waals surface area (Å²) in [7, 11) is -3.78. The van der Waals surface area contributed by atoms with E-state index in [-0.39, 0.29) is 22.0 Å². The molecule has 2 heterocycles. The third kappa shape index (κ3) is 5.13. The molecule has 184 valence electrons. The van der Waals surface area contributed by atoms with Crippen LogP contribution in [0.2, 0.25) is 0 Å². The minimum absolute atomic E-state index is 0.0675. The Balaban J connectivity index is 1.47. The van der Waals surface area contributed by atoms with Gasteiger partial charge in [0.25, 0.3) is 0 Å². The van der Waals surface area contributed by atoms with E-state index in [2.05, 4.69) is 25.7 Å². The topological polar surface area (TPSA) is 60.9 Å². The van der Waals surface area contributed by atoms with E-state index in [1.54, 1.807) is 29.2 Å². The summed E-state index contributed by atoms with van der Waals surface area (Å²) in [5.41, 5.74) is 1.92. The maximum atomic E-state index is 13.5. The van der Waals surface area contributed by atoms with Crippen molar-refractivity contribution in [2.24, 2.45) is 0 Å². The van der Waals surface area contributed by atoms with Crippen molar-refractivity contribution in [1.29, 1.82) is 0 Å². The smallest absolute Gasteiger partial charge is 0.243 e. The molecule has 0 radical (unpaired) electrons. The van der Waals surface area contributed by atoms with Gasteiger partial charge in [-0.15, -0.1) is 0 Å². The third-order valence-electron chi connectivity index (χ3n) is 6.85. The molecule has 1 amide bonds. The summed E-state index contributed by atoms with van der Waals surface area (Å²) < 4.78 is 41.7. The van der Waals surface area contributed by atoms with Crippen LogP contribution in [0.1, 0.15) is 45.6 Å². The lowest BCUT2D eigenvalue weighted by molar-refractivity contribution is -0.136. The molecule has 2 aromatic carbocycles. The van der Waals surface area contributed by atoms with Crippen molar-refractivity contribution < 1.29 is 17.6 Å². The van der Waals surface area contributed by atoms with Crippen LogP contribution in [0, 0.1) is 5.82 Å². The Morgan fingerprint density at radius 3 is 2.09 bits per heavy atom. The van der Waals surface area contributed by atoms with Gasteiger partial charge in [-0.25, -0.2) is 12.8 Å². The van der Waals surface area contributed by atoms with Crippen LogP contribution in [0.5, 0.6) is 0 Å². The van der Waals surface area contributed by atoms with Crippen molar-refractivity contribution in [2.75, 3.05) is 37.6 Å². The molecule has 0 aliphatic carbocycles. The summed E-state index contributed by atoms with van der Waals surface area (Å²) >= 11 is 0. The zero-order valence-corrected chi connectivity index (χ0v) is 21.0. The first-order valence-electron chi connectivity index (χ1n) is 12.0. The Hall–Kier alpha value is -2.45. The Labute approximate surface area is 202 Å². The fourth-order valence-corrected chi connectivity index (χ4v) is 6.40. The predicted octanol–water partition coefficient (Wildman–Crippen LogP) is 4.02. The van der Waals surface area contributed by atoms with E-state index in [0.717, 1.165) is 24.1 Å². The van der Waals surface area contributed by atoms with Crippen LogP contribution in [0.25, 0.3) is 0 Å². The van der Waals surface area contributed by atoms with E-state index in [0.29, 0.717) is 39.1 Å². The molecule has 1 atom stereocenters. The number of hydrogen-bond acceptors (Lipinski definition) is 4. The number of hydrogen-bond donors (Lipinski definition) is 0. The van der Waals surface area contributed by atoms with Gasteiger partial charge in [0, 0.05) is 38.4 Å². The van der Waals surface area contributed by atoms with Gasteiger partial charge in [0.05, 0.1) is 4.90 Å². The van der Waals surface area contributed by atoms with Crippen LogP contribution in [0.15, 0.2) is 53.4 Å². The van der Waals surface area contributed by atoms with Crippen molar-refractivity contribution in [3.8, 4) is 0 Å². The van der Waals surface area contributed by atoms with Crippen molar-refractivity contribution >= 4 is 21.6 Å². The quantitative estimate of drug-likeness (QED) is 0.654. The lowest BCUT2D eigenvalue weighted by Gasteiger charge is -2.40. The number of nitrogens with zero attached hydrogens (tertiary/aromatic N) is 3. The van der Waals surface area contributed by atoms with Crippen molar-refractivity contribution in [2.45, 2.75) is 56.4 Å². The number of carbonyl (C=O) groups is 1. The molecule has 8 heteroatoms. The van der Waals surface area contributed by atoms with Crippen LogP contribution in [-0.4, -0.2) is 62.3 Å². The van der Waals surface area contributed by atoms with Crippen LogP contribution >= 0.6 is 0 Å². The van der Waals surface area contributed by atoms with E-state index < -0.39 is 16.1 Å². The first-order valence-corrected chi connectivity index (χ1v) is 13.4. The zero-order chi connectivity index (χ0) is 24.5. The van der Waals surface area contributed by atoms with E-state index in [9.17, 15) is 17.6 Å². The van der Waals surface area contributed by atoms with Gasteiger partial charge in [-0.3, -0.25) is 4.79 Å². The average Bonchev–Trinajstić information content (AvgIpc) is 2.84. The van der Waals surface area contributed by atoms with Gasteiger partial charge in [0.15, 0.2) is 0 Å². The third-order valence-corrected chi connectivity index (χ3v) is 8.77. The Morgan fingerprint density at radius 2 is 1.50 bits per heavy atom. The highest BCUT2D eigenvalue weighted by atomic mass is 32.2. The summed E-state index contributed by atoms with van der Waals surface area (Å²) in [6, 6.07) is 12.7. The summed E-state index contributed by atoms with van der Waals surface area (Å²) in [5.74, 6) is -0.391. The van der Waals surface area contributed by atoms with E-state index in [1.807, 2.05) is 12.1 Å². The van der Waals surface area contributed by atoms with Crippen LogP contribution in [0.3, 0.4) is 0 Å². The van der Waals surface area contributed by atoms with Crippen LogP contribution in [0.4, 0.5) is 10.1 Å². The summed E-state index contributed by atoms with van der Waals surface area (Å²) in [5, 5.41) is 0. The average molecular weight is 488 g/mol. The summed E-state index contributed by atoms with van der Waals surface area (Å²) in [4.78, 5) is 17.6. The molecule has 2 fully saturated rings. The fraction of sp³-hybridized carbons (Fsp3) is 0.500. The number of piperidine rings is 1. The Morgan fingerprint density at radius 1 is 0.882 bits per heavy atom. The van der Waals surface area contributed by atoms with Gasteiger partial charge < -0.3 is 9.80 Å². The minimum atomic E-state index is -3.78. The predicted molar refractivity (Wildman–Crippen MR) is 132 cm³/mol. The van der Waals surface area contributed by atoms with E-state index in [4.69, 9.17) is 0 Å². The molecule has 4 rings (SSSR count). The minimum Gasteiger partial charge on any atom is -0.368 e. The SMILES string of the molecule is CC(C)(C)c1ccc(S(=O)(=O)N2CCCC[C@H]2C(=O)N2CCN(c3ccc(F)cc3)CC2)cc1. The molecule has 0 spiro atoms. The number of rotatable bonds is 4. The van der Waals surface area contributed by atoms with Crippen LogP contribution in [-0.2, 0) is 20.2 Å². The molecule has 2 aliphatic heterocycles. The molecule has 0 aromatic heterocycles. The van der Waals surface area contributed by atoms with Gasteiger partial charge >= 0.3 is 0 Å². The highest BCUT2D eigenvalue weighted by molar-refractivity contribution is 7.89. The van der Waals surface area contributed by atoms with E-state index >= 15 is 0 Å². The fourth-order valence-electron chi connectivity index (χ4n) is 4.75. The van der Waals surface area contributed by atoms with Gasteiger partial charge in [0.2, 0.25) is 15.9 Å². The van der Waals surface area contributed by atoms with Crippen molar-refractivity contribution in [3.05, 3.63) is 59.9 Å². The Bertz CT molecular complexity index is 1100. The number of halogens is 1. The number of benzene rings is 2. The lowest BCUT2D eigenvalue weighted by atomic mass is 9.87. The molecule has 2 saturated heterocycles. The molecular weight excluding hydrogens is 453 g/mol. The highest BCUT2D eigenvalue weighted by Crippen LogP contribution is 2.29. The zero-order valence-electron chi connectivity index (χ0n) is 20.2. The second-order valence-electron chi connectivity index (χ2n) is 10.2. The Kier molecular flexibility index (Phi) is 7.01. The number of piperazine rings is 1. The van der Waals surface area contributed by atoms with Gasteiger partial charge in [-0.2, -0.15) is 4.31 Å². The normalized spacial score (nSPS) is 20.4. The molecular formula is C26H34FN3O3S. The van der Waals surface area contributed by atoms with Crippen LogP contribution < -0.4 is 4.90 Å². The molecule has 0 unspecified atom stereocenters. The van der Waals surface area contributed by atoms with E-state index in [1.165, 1.54) is 16.4 Å². The van der Waals surface area contributed by atoms with Gasteiger partial charge in [-0.05, 0) is 60.2 Å².